The predicted molar refractivity (Wildman–Crippen MR) is 99.9 cm³/mol. The molecular weight excluding hydrogens is 374 g/mol. The number of hydrogen-bond donors (Lipinski definition) is 0. The average molecular weight is 388 g/mol. The number of para-hydroxylation sites is 2. The van der Waals surface area contributed by atoms with Gasteiger partial charge in [-0.15, -0.1) is 0 Å². The van der Waals surface area contributed by atoms with E-state index < -0.39 is 0 Å². The average Bonchev–Trinajstić information content (AvgIpc) is 2.53. The summed E-state index contributed by atoms with van der Waals surface area (Å²) >= 11 is 22.8. The number of allylic oxidation sites excluding steroid dienone is 2. The molecule has 0 N–H and O–H groups in total. The first-order valence-corrected chi connectivity index (χ1v) is 8.43. The molecule has 0 saturated carbocycles. The lowest BCUT2D eigenvalue weighted by Gasteiger charge is -2.13. The van der Waals surface area contributed by atoms with Crippen molar-refractivity contribution in [3.63, 3.8) is 0 Å². The van der Waals surface area contributed by atoms with E-state index in [9.17, 15) is 0 Å². The van der Waals surface area contributed by atoms with Crippen LogP contribution in [0, 0.1) is 0 Å². The van der Waals surface area contributed by atoms with Crippen LogP contribution < -0.4 is 4.74 Å². The van der Waals surface area contributed by atoms with Crippen LogP contribution in [0.3, 0.4) is 0 Å². The third-order valence-electron chi connectivity index (χ3n) is 3.12. The van der Waals surface area contributed by atoms with Gasteiger partial charge in [0, 0.05) is 0 Å². The highest BCUT2D eigenvalue weighted by molar-refractivity contribution is 6.56. The molecule has 0 aliphatic rings. The second-order valence-corrected chi connectivity index (χ2v) is 6.73. The molecule has 0 amide bonds. The zero-order valence-electron chi connectivity index (χ0n) is 12.1. The van der Waals surface area contributed by atoms with Gasteiger partial charge in [0.25, 0.3) is 0 Å². The van der Waals surface area contributed by atoms with E-state index in [-0.39, 0.29) is 8.98 Å². The summed E-state index contributed by atoms with van der Waals surface area (Å²) in [4.78, 5) is 0. The van der Waals surface area contributed by atoms with Crippen LogP contribution in [-0.2, 0) is 12.8 Å². The minimum Gasteiger partial charge on any atom is -0.457 e. The van der Waals surface area contributed by atoms with E-state index in [1.165, 1.54) is 0 Å². The minimum atomic E-state index is 0.238. The molecular formula is C18H14Cl4O. The van der Waals surface area contributed by atoms with E-state index in [2.05, 4.69) is 0 Å². The maximum atomic E-state index is 6.07. The van der Waals surface area contributed by atoms with Crippen molar-refractivity contribution in [1.82, 2.24) is 0 Å². The molecule has 1 nitrogen and oxygen atoms in total. The van der Waals surface area contributed by atoms with Crippen LogP contribution in [0.25, 0.3) is 0 Å². The fraction of sp³-hybridized carbons (Fsp3) is 0.111. The number of rotatable bonds is 6. The minimum absolute atomic E-state index is 0.238. The smallest absolute Gasteiger partial charge is 0.130 e. The Bertz CT molecular complexity index is 653. The van der Waals surface area contributed by atoms with E-state index in [1.807, 2.05) is 48.5 Å². The van der Waals surface area contributed by atoms with Crippen molar-refractivity contribution in [1.29, 1.82) is 0 Å². The second-order valence-electron chi connectivity index (χ2n) is 4.71. The highest BCUT2D eigenvalue weighted by Crippen LogP contribution is 2.29. The van der Waals surface area contributed by atoms with Gasteiger partial charge in [-0.05, 0) is 48.3 Å². The molecule has 2 rings (SSSR count). The third kappa shape index (κ3) is 6.12. The molecule has 2 aromatic carbocycles. The van der Waals surface area contributed by atoms with Crippen molar-refractivity contribution in [2.75, 3.05) is 0 Å². The molecule has 5 heteroatoms. The lowest BCUT2D eigenvalue weighted by atomic mass is 10.1. The number of ether oxygens (including phenoxy) is 1. The molecule has 0 aliphatic carbocycles. The number of benzene rings is 2. The van der Waals surface area contributed by atoms with Gasteiger partial charge in [-0.25, -0.2) is 0 Å². The summed E-state index contributed by atoms with van der Waals surface area (Å²) in [5.74, 6) is 1.51. The lowest BCUT2D eigenvalue weighted by Crippen LogP contribution is -1.94. The second kappa shape index (κ2) is 9.24. The van der Waals surface area contributed by atoms with Gasteiger partial charge in [0.05, 0.1) is 0 Å². The molecule has 0 unspecified atom stereocenters. The van der Waals surface area contributed by atoms with Gasteiger partial charge in [-0.3, -0.25) is 0 Å². The Labute approximate surface area is 156 Å². The van der Waals surface area contributed by atoms with Gasteiger partial charge in [-0.2, -0.15) is 0 Å². The molecule has 0 aliphatic heterocycles. The lowest BCUT2D eigenvalue weighted by molar-refractivity contribution is 0.473. The molecule has 0 fully saturated rings. The highest BCUT2D eigenvalue weighted by atomic mass is 35.5. The zero-order valence-corrected chi connectivity index (χ0v) is 15.1. The summed E-state index contributed by atoms with van der Waals surface area (Å²) in [5, 5.41) is 0. The van der Waals surface area contributed by atoms with Crippen molar-refractivity contribution >= 4 is 46.4 Å². The molecule has 0 saturated heterocycles. The van der Waals surface area contributed by atoms with Crippen molar-refractivity contribution in [2.45, 2.75) is 12.8 Å². The van der Waals surface area contributed by atoms with Gasteiger partial charge in [-0.1, -0.05) is 82.8 Å². The maximum Gasteiger partial charge on any atom is 0.130 e. The van der Waals surface area contributed by atoms with Crippen LogP contribution in [0.1, 0.15) is 11.1 Å². The molecule has 0 spiro atoms. The van der Waals surface area contributed by atoms with E-state index in [4.69, 9.17) is 51.1 Å². The topological polar surface area (TPSA) is 9.23 Å². The molecule has 23 heavy (non-hydrogen) atoms. The first-order chi connectivity index (χ1) is 11.1. The zero-order chi connectivity index (χ0) is 16.7. The third-order valence-corrected chi connectivity index (χ3v) is 3.73. The van der Waals surface area contributed by atoms with Gasteiger partial charge in [0.2, 0.25) is 0 Å². The summed E-state index contributed by atoms with van der Waals surface area (Å²) in [6.45, 7) is 0. The Kier molecular flexibility index (Phi) is 7.32. The molecule has 0 atom stereocenters. The Balaban J connectivity index is 2.26. The van der Waals surface area contributed by atoms with E-state index >= 15 is 0 Å². The molecule has 2 aromatic rings. The maximum absolute atomic E-state index is 6.07. The van der Waals surface area contributed by atoms with Crippen LogP contribution in [-0.4, -0.2) is 0 Å². The van der Waals surface area contributed by atoms with Crippen LogP contribution in [0.5, 0.6) is 11.5 Å². The van der Waals surface area contributed by atoms with Crippen molar-refractivity contribution < 1.29 is 4.74 Å². The molecule has 0 heterocycles. The van der Waals surface area contributed by atoms with E-state index in [0.29, 0.717) is 12.8 Å². The molecule has 0 aromatic heterocycles. The Hall–Kier alpha value is -1.12. The Morgan fingerprint density at radius 2 is 1.09 bits per heavy atom. The number of hydrogen-bond acceptors (Lipinski definition) is 1. The normalized spacial score (nSPS) is 10.1. The van der Waals surface area contributed by atoms with Gasteiger partial charge in [0.15, 0.2) is 0 Å². The Morgan fingerprint density at radius 3 is 1.48 bits per heavy atom. The van der Waals surface area contributed by atoms with Gasteiger partial charge in [0.1, 0.15) is 20.5 Å². The SMILES string of the molecule is ClC(Cl)=CCc1ccccc1Oc1ccccc1CC=C(Cl)Cl. The fourth-order valence-corrected chi connectivity index (χ4v) is 2.35. The van der Waals surface area contributed by atoms with Crippen LogP contribution >= 0.6 is 46.4 Å². The van der Waals surface area contributed by atoms with Crippen LogP contribution in [0.15, 0.2) is 69.7 Å². The first kappa shape index (κ1) is 18.2. The quantitative estimate of drug-likeness (QED) is 0.509. The van der Waals surface area contributed by atoms with E-state index in [0.717, 1.165) is 22.6 Å². The fourth-order valence-electron chi connectivity index (χ4n) is 2.04. The molecule has 0 bridgehead atoms. The van der Waals surface area contributed by atoms with Crippen LogP contribution in [0.4, 0.5) is 0 Å². The molecule has 120 valence electrons. The van der Waals surface area contributed by atoms with Crippen molar-refractivity contribution in [2.24, 2.45) is 0 Å². The van der Waals surface area contributed by atoms with Gasteiger partial charge >= 0.3 is 0 Å². The monoisotopic (exact) mass is 386 g/mol. The van der Waals surface area contributed by atoms with Gasteiger partial charge < -0.3 is 4.74 Å². The van der Waals surface area contributed by atoms with E-state index in [1.54, 1.807) is 12.2 Å². The summed E-state index contributed by atoms with van der Waals surface area (Å²) in [6.07, 6.45) is 4.64. The summed E-state index contributed by atoms with van der Waals surface area (Å²) < 4.78 is 6.55. The Morgan fingerprint density at radius 1 is 0.696 bits per heavy atom. The number of halogens is 4. The van der Waals surface area contributed by atoms with Crippen molar-refractivity contribution in [3.05, 3.63) is 80.8 Å². The summed E-state index contributed by atoms with van der Waals surface area (Å²) in [7, 11) is 0. The highest BCUT2D eigenvalue weighted by Gasteiger charge is 2.07. The van der Waals surface area contributed by atoms with Crippen LogP contribution in [0.2, 0.25) is 0 Å². The molecule has 0 radical (unpaired) electrons. The standard InChI is InChI=1S/C18H14Cl4O/c19-17(20)11-9-13-5-1-3-7-15(13)23-16-8-4-2-6-14(16)10-12-18(21)22/h1-8,11-12H,9-10H2. The summed E-state index contributed by atoms with van der Waals surface area (Å²) in [5.41, 5.74) is 1.99. The predicted octanol–water partition coefficient (Wildman–Crippen LogP) is 7.20. The van der Waals surface area contributed by atoms with Crippen molar-refractivity contribution in [3.8, 4) is 11.5 Å². The first-order valence-electron chi connectivity index (χ1n) is 6.92. The largest absolute Gasteiger partial charge is 0.457 e. The summed E-state index contributed by atoms with van der Waals surface area (Å²) in [6, 6.07) is 15.5.